The molecule has 0 N–H and O–H groups in total. The lowest BCUT2D eigenvalue weighted by Crippen LogP contribution is -2.06. The van der Waals surface area contributed by atoms with Crippen LogP contribution < -0.4 is 0 Å². The second-order valence-electron chi connectivity index (χ2n) is 4.86. The maximum Gasteiger partial charge on any atom is 0.147 e. The van der Waals surface area contributed by atoms with Gasteiger partial charge < -0.3 is 0 Å². The standard InChI is InChI=1S/C17H17ClOS/c1-12-7-8-14(16(18)9-12)10-15(19)11-20-17-6-4-3-5-13(17)2/h3-9H,10-11H2,1-2H3. The number of thioether (sulfide) groups is 1. The Morgan fingerprint density at radius 2 is 1.90 bits per heavy atom. The van der Waals surface area contributed by atoms with Crippen molar-refractivity contribution in [2.75, 3.05) is 5.75 Å². The van der Waals surface area contributed by atoms with Gasteiger partial charge in [-0.1, -0.05) is 41.9 Å². The minimum absolute atomic E-state index is 0.198. The van der Waals surface area contributed by atoms with Crippen molar-refractivity contribution in [1.82, 2.24) is 0 Å². The third kappa shape index (κ3) is 4.12. The smallest absolute Gasteiger partial charge is 0.147 e. The molecule has 0 saturated heterocycles. The normalized spacial score (nSPS) is 10.6. The molecule has 0 aromatic heterocycles. The summed E-state index contributed by atoms with van der Waals surface area (Å²) in [7, 11) is 0. The predicted octanol–water partition coefficient (Wildman–Crippen LogP) is 4.86. The second-order valence-corrected chi connectivity index (χ2v) is 6.29. The van der Waals surface area contributed by atoms with E-state index in [4.69, 9.17) is 11.6 Å². The molecule has 0 spiro atoms. The van der Waals surface area contributed by atoms with Crippen molar-refractivity contribution in [3.05, 3.63) is 64.2 Å². The fourth-order valence-corrected chi connectivity index (χ4v) is 3.13. The molecule has 2 rings (SSSR count). The van der Waals surface area contributed by atoms with Crippen molar-refractivity contribution in [3.63, 3.8) is 0 Å². The number of rotatable bonds is 5. The van der Waals surface area contributed by atoms with Crippen LogP contribution in [0.2, 0.25) is 5.02 Å². The Kier molecular flexibility index (Phi) is 5.27. The summed E-state index contributed by atoms with van der Waals surface area (Å²) in [5.41, 5.74) is 3.23. The van der Waals surface area contributed by atoms with E-state index in [1.807, 2.05) is 43.3 Å². The van der Waals surface area contributed by atoms with E-state index >= 15 is 0 Å². The quantitative estimate of drug-likeness (QED) is 0.734. The number of benzene rings is 2. The van der Waals surface area contributed by atoms with Crippen molar-refractivity contribution in [3.8, 4) is 0 Å². The summed E-state index contributed by atoms with van der Waals surface area (Å²) in [5, 5.41) is 0.680. The first-order valence-corrected chi connectivity index (χ1v) is 7.88. The summed E-state index contributed by atoms with van der Waals surface area (Å²) in [5.74, 6) is 0.679. The molecule has 2 aromatic rings. The van der Waals surface area contributed by atoms with Gasteiger partial charge in [0.25, 0.3) is 0 Å². The predicted molar refractivity (Wildman–Crippen MR) is 86.8 cm³/mol. The highest BCUT2D eigenvalue weighted by Crippen LogP contribution is 2.23. The molecule has 0 saturated carbocycles. The van der Waals surface area contributed by atoms with Gasteiger partial charge in [-0.2, -0.15) is 0 Å². The number of hydrogen-bond donors (Lipinski definition) is 0. The molecule has 0 amide bonds. The Bertz CT molecular complexity index is 622. The largest absolute Gasteiger partial charge is 0.298 e. The zero-order chi connectivity index (χ0) is 14.5. The Hall–Kier alpha value is -1.25. The highest BCUT2D eigenvalue weighted by atomic mass is 35.5. The van der Waals surface area contributed by atoms with Gasteiger partial charge in [0.15, 0.2) is 0 Å². The van der Waals surface area contributed by atoms with E-state index in [2.05, 4.69) is 13.0 Å². The summed E-state index contributed by atoms with van der Waals surface area (Å²) < 4.78 is 0. The van der Waals surface area contributed by atoms with Gasteiger partial charge in [-0.3, -0.25) is 4.79 Å². The van der Waals surface area contributed by atoms with Crippen LogP contribution in [0.1, 0.15) is 16.7 Å². The maximum absolute atomic E-state index is 12.1. The van der Waals surface area contributed by atoms with Gasteiger partial charge >= 0.3 is 0 Å². The van der Waals surface area contributed by atoms with Crippen molar-refractivity contribution >= 4 is 29.1 Å². The molecule has 0 heterocycles. The van der Waals surface area contributed by atoms with Crippen molar-refractivity contribution in [2.24, 2.45) is 0 Å². The highest BCUT2D eigenvalue weighted by Gasteiger charge is 2.09. The molecule has 0 aliphatic rings. The third-order valence-corrected chi connectivity index (χ3v) is 4.67. The van der Waals surface area contributed by atoms with Gasteiger partial charge in [0.1, 0.15) is 5.78 Å². The summed E-state index contributed by atoms with van der Waals surface area (Å²) >= 11 is 7.75. The fraction of sp³-hybridized carbons (Fsp3) is 0.235. The minimum atomic E-state index is 0.198. The van der Waals surface area contributed by atoms with Crippen LogP contribution in [0.3, 0.4) is 0 Å². The van der Waals surface area contributed by atoms with E-state index in [1.165, 1.54) is 5.56 Å². The highest BCUT2D eigenvalue weighted by molar-refractivity contribution is 8.00. The first-order chi connectivity index (χ1) is 9.56. The lowest BCUT2D eigenvalue weighted by atomic mass is 10.1. The molecular weight excluding hydrogens is 288 g/mol. The number of Topliss-reactive ketones (excluding diaryl/α,β-unsaturated/α-hetero) is 1. The summed E-state index contributed by atoms with van der Waals surface area (Å²) in [4.78, 5) is 13.2. The SMILES string of the molecule is Cc1ccc(CC(=O)CSc2ccccc2C)c(Cl)c1. The molecule has 3 heteroatoms. The molecule has 0 unspecified atom stereocenters. The van der Waals surface area contributed by atoms with Crippen LogP contribution in [0.5, 0.6) is 0 Å². The minimum Gasteiger partial charge on any atom is -0.298 e. The van der Waals surface area contributed by atoms with Crippen LogP contribution in [0.4, 0.5) is 0 Å². The van der Waals surface area contributed by atoms with E-state index in [0.29, 0.717) is 17.2 Å². The Balaban J connectivity index is 1.94. The number of halogens is 1. The summed E-state index contributed by atoms with van der Waals surface area (Å²) in [6.45, 7) is 4.05. The Labute approximate surface area is 129 Å². The van der Waals surface area contributed by atoms with E-state index in [-0.39, 0.29) is 5.78 Å². The van der Waals surface area contributed by atoms with Crippen molar-refractivity contribution in [1.29, 1.82) is 0 Å². The average Bonchev–Trinajstić information content (AvgIpc) is 2.41. The van der Waals surface area contributed by atoms with Crippen LogP contribution in [-0.2, 0) is 11.2 Å². The molecule has 0 radical (unpaired) electrons. The average molecular weight is 305 g/mol. The Morgan fingerprint density at radius 1 is 1.15 bits per heavy atom. The molecular formula is C17H17ClOS. The maximum atomic E-state index is 12.1. The monoisotopic (exact) mass is 304 g/mol. The molecule has 104 valence electrons. The molecule has 0 atom stereocenters. The van der Waals surface area contributed by atoms with Crippen LogP contribution in [0.25, 0.3) is 0 Å². The molecule has 0 aliphatic heterocycles. The van der Waals surface area contributed by atoms with Gasteiger partial charge in [0, 0.05) is 16.3 Å². The number of ketones is 1. The number of carbonyl (C=O) groups is 1. The molecule has 0 fully saturated rings. The number of aryl methyl sites for hydroxylation is 2. The van der Waals surface area contributed by atoms with Crippen molar-refractivity contribution in [2.45, 2.75) is 25.2 Å². The molecule has 0 bridgehead atoms. The van der Waals surface area contributed by atoms with Crippen LogP contribution in [-0.4, -0.2) is 11.5 Å². The van der Waals surface area contributed by atoms with Crippen LogP contribution >= 0.6 is 23.4 Å². The first-order valence-electron chi connectivity index (χ1n) is 6.51. The topological polar surface area (TPSA) is 17.1 Å². The van der Waals surface area contributed by atoms with E-state index in [9.17, 15) is 4.79 Å². The zero-order valence-electron chi connectivity index (χ0n) is 11.7. The fourth-order valence-electron chi connectivity index (χ4n) is 1.94. The lowest BCUT2D eigenvalue weighted by Gasteiger charge is -2.06. The Morgan fingerprint density at radius 3 is 2.60 bits per heavy atom. The molecule has 20 heavy (non-hydrogen) atoms. The van der Waals surface area contributed by atoms with Gasteiger partial charge in [0.2, 0.25) is 0 Å². The summed E-state index contributed by atoms with van der Waals surface area (Å²) in [6, 6.07) is 13.9. The first kappa shape index (κ1) is 15.1. The molecule has 2 aromatic carbocycles. The number of hydrogen-bond acceptors (Lipinski definition) is 2. The van der Waals surface area contributed by atoms with E-state index in [0.717, 1.165) is 16.0 Å². The van der Waals surface area contributed by atoms with Crippen molar-refractivity contribution < 1.29 is 4.79 Å². The van der Waals surface area contributed by atoms with Gasteiger partial charge in [-0.25, -0.2) is 0 Å². The number of carbonyl (C=O) groups excluding carboxylic acids is 1. The van der Waals surface area contributed by atoms with E-state index < -0.39 is 0 Å². The second kappa shape index (κ2) is 6.96. The zero-order valence-corrected chi connectivity index (χ0v) is 13.2. The molecule has 0 aliphatic carbocycles. The molecule has 1 nitrogen and oxygen atoms in total. The summed E-state index contributed by atoms with van der Waals surface area (Å²) in [6.07, 6.45) is 0.401. The van der Waals surface area contributed by atoms with E-state index in [1.54, 1.807) is 11.8 Å². The van der Waals surface area contributed by atoms with Gasteiger partial charge in [-0.15, -0.1) is 11.8 Å². The van der Waals surface area contributed by atoms with Crippen LogP contribution in [0, 0.1) is 13.8 Å². The van der Waals surface area contributed by atoms with Crippen LogP contribution in [0.15, 0.2) is 47.4 Å². The van der Waals surface area contributed by atoms with Gasteiger partial charge in [-0.05, 0) is 42.7 Å². The van der Waals surface area contributed by atoms with Gasteiger partial charge in [0.05, 0.1) is 5.75 Å². The lowest BCUT2D eigenvalue weighted by molar-refractivity contribution is -0.116. The third-order valence-electron chi connectivity index (χ3n) is 3.08.